The van der Waals surface area contributed by atoms with E-state index in [4.69, 9.17) is 14.3 Å². The van der Waals surface area contributed by atoms with Crippen molar-refractivity contribution in [3.8, 4) is 0 Å². The van der Waals surface area contributed by atoms with Gasteiger partial charge in [0.25, 0.3) is 0 Å². The molecule has 0 saturated carbocycles. The molecule has 0 aromatic carbocycles. The molecular weight excluding hydrogens is 222 g/mol. The van der Waals surface area contributed by atoms with Gasteiger partial charge >= 0.3 is 5.97 Å². The smallest absolute Gasteiger partial charge is 0.371 e. The van der Waals surface area contributed by atoms with Crippen molar-refractivity contribution < 1.29 is 19.1 Å². The number of hydrogen-bond acceptors (Lipinski definition) is 4. The Kier molecular flexibility index (Phi) is 4.72. The fraction of sp³-hybridized carbons (Fsp3) is 0.583. The van der Waals surface area contributed by atoms with Crippen molar-refractivity contribution in [2.45, 2.75) is 26.4 Å². The summed E-state index contributed by atoms with van der Waals surface area (Å²) in [5.74, 6) is -0.392. The molecule has 0 saturated heterocycles. The van der Waals surface area contributed by atoms with Crippen LogP contribution in [-0.2, 0) is 11.3 Å². The lowest BCUT2D eigenvalue weighted by molar-refractivity contribution is 0.0661. The van der Waals surface area contributed by atoms with E-state index in [9.17, 15) is 4.79 Å². The molecule has 0 aliphatic rings. The number of aromatic carboxylic acids is 1. The van der Waals surface area contributed by atoms with Gasteiger partial charge in [0.15, 0.2) is 0 Å². The van der Waals surface area contributed by atoms with Crippen molar-refractivity contribution in [2.24, 2.45) is 0 Å². The van der Waals surface area contributed by atoms with Crippen LogP contribution in [0.3, 0.4) is 0 Å². The third-order valence-electron chi connectivity index (χ3n) is 2.81. The Morgan fingerprint density at radius 1 is 1.65 bits per heavy atom. The Bertz CT molecular complexity index is 386. The number of carboxylic acid groups (broad SMARTS) is 1. The van der Waals surface area contributed by atoms with Gasteiger partial charge in [0.1, 0.15) is 5.76 Å². The predicted octanol–water partition coefficient (Wildman–Crippen LogP) is 1.75. The molecule has 0 aliphatic heterocycles. The highest BCUT2D eigenvalue weighted by atomic mass is 16.5. The molecule has 0 fully saturated rings. The van der Waals surface area contributed by atoms with E-state index in [2.05, 4.69) is 11.8 Å². The first-order chi connectivity index (χ1) is 7.95. The number of ether oxygens (including phenoxy) is 1. The van der Waals surface area contributed by atoms with E-state index in [0.717, 1.165) is 5.56 Å². The molecule has 1 rings (SSSR count). The molecule has 1 atom stereocenters. The number of carboxylic acids is 1. The second-order valence-corrected chi connectivity index (χ2v) is 4.22. The molecule has 1 aromatic rings. The number of aryl methyl sites for hydroxylation is 1. The molecule has 1 heterocycles. The second-order valence-electron chi connectivity index (χ2n) is 4.22. The van der Waals surface area contributed by atoms with Gasteiger partial charge in [-0.2, -0.15) is 0 Å². The Morgan fingerprint density at radius 3 is 2.76 bits per heavy atom. The van der Waals surface area contributed by atoms with Crippen LogP contribution in [0.5, 0.6) is 0 Å². The number of hydrogen-bond donors (Lipinski definition) is 1. The van der Waals surface area contributed by atoms with Gasteiger partial charge < -0.3 is 14.3 Å². The zero-order valence-corrected chi connectivity index (χ0v) is 10.7. The van der Waals surface area contributed by atoms with Crippen molar-refractivity contribution in [2.75, 3.05) is 20.8 Å². The van der Waals surface area contributed by atoms with Crippen LogP contribution in [0, 0.1) is 6.92 Å². The average Bonchev–Trinajstić information content (AvgIpc) is 2.61. The van der Waals surface area contributed by atoms with Crippen LogP contribution in [0.15, 0.2) is 10.5 Å². The number of rotatable bonds is 6. The number of methoxy groups -OCH3 is 1. The van der Waals surface area contributed by atoms with Crippen molar-refractivity contribution in [1.82, 2.24) is 4.90 Å². The lowest BCUT2D eigenvalue weighted by Crippen LogP contribution is -2.32. The van der Waals surface area contributed by atoms with Gasteiger partial charge in [-0.05, 0) is 27.0 Å². The van der Waals surface area contributed by atoms with E-state index in [1.54, 1.807) is 20.1 Å². The van der Waals surface area contributed by atoms with Gasteiger partial charge in [0.2, 0.25) is 5.76 Å². The van der Waals surface area contributed by atoms with Gasteiger partial charge in [-0.25, -0.2) is 4.79 Å². The van der Waals surface area contributed by atoms with Crippen molar-refractivity contribution in [1.29, 1.82) is 0 Å². The van der Waals surface area contributed by atoms with Gasteiger partial charge in [-0.1, -0.05) is 0 Å². The highest BCUT2D eigenvalue weighted by Gasteiger charge is 2.16. The minimum atomic E-state index is -1.04. The molecule has 1 unspecified atom stereocenters. The van der Waals surface area contributed by atoms with Crippen LogP contribution in [0.4, 0.5) is 0 Å². The number of carbonyl (C=O) groups is 1. The molecule has 5 heteroatoms. The lowest BCUT2D eigenvalue weighted by Gasteiger charge is -2.23. The summed E-state index contributed by atoms with van der Waals surface area (Å²) in [6, 6.07) is 1.84. The fourth-order valence-corrected chi connectivity index (χ4v) is 1.58. The molecule has 17 heavy (non-hydrogen) atoms. The van der Waals surface area contributed by atoms with Gasteiger partial charge in [-0.15, -0.1) is 0 Å². The normalized spacial score (nSPS) is 13.0. The number of nitrogens with zero attached hydrogens (tertiary/aromatic N) is 1. The highest BCUT2D eigenvalue weighted by molar-refractivity contribution is 5.84. The third-order valence-corrected chi connectivity index (χ3v) is 2.81. The van der Waals surface area contributed by atoms with E-state index in [1.807, 2.05) is 7.05 Å². The molecular formula is C12H19NO4. The monoisotopic (exact) mass is 241 g/mol. The summed E-state index contributed by atoms with van der Waals surface area (Å²) in [5, 5.41) is 8.82. The summed E-state index contributed by atoms with van der Waals surface area (Å²) in [6.07, 6.45) is 0. The maximum Gasteiger partial charge on any atom is 0.371 e. The number of furan rings is 1. The Balaban J connectivity index is 2.71. The molecule has 0 aliphatic carbocycles. The van der Waals surface area contributed by atoms with Gasteiger partial charge in [-0.3, -0.25) is 4.90 Å². The first kappa shape index (κ1) is 13.7. The van der Waals surface area contributed by atoms with Crippen molar-refractivity contribution in [3.63, 3.8) is 0 Å². The lowest BCUT2D eigenvalue weighted by atomic mass is 10.2. The standard InChI is InChI=1S/C12H19NO4/c1-8(7-16-4)13(3)6-10-5-11(12(14)15)17-9(10)2/h5,8H,6-7H2,1-4H3,(H,14,15). The zero-order chi connectivity index (χ0) is 13.0. The highest BCUT2D eigenvalue weighted by Crippen LogP contribution is 2.17. The Labute approximate surface area is 101 Å². The first-order valence-corrected chi connectivity index (χ1v) is 5.47. The third kappa shape index (κ3) is 3.57. The van der Waals surface area contributed by atoms with E-state index in [-0.39, 0.29) is 11.8 Å². The van der Waals surface area contributed by atoms with Crippen LogP contribution in [0.1, 0.15) is 28.8 Å². The summed E-state index contributed by atoms with van der Waals surface area (Å²) < 4.78 is 10.2. The fourth-order valence-electron chi connectivity index (χ4n) is 1.58. The summed E-state index contributed by atoms with van der Waals surface area (Å²) >= 11 is 0. The second kappa shape index (κ2) is 5.84. The molecule has 0 bridgehead atoms. The summed E-state index contributed by atoms with van der Waals surface area (Å²) in [4.78, 5) is 12.9. The van der Waals surface area contributed by atoms with Gasteiger partial charge in [0.05, 0.1) is 6.61 Å². The maximum absolute atomic E-state index is 10.8. The summed E-state index contributed by atoms with van der Waals surface area (Å²) in [5.41, 5.74) is 0.896. The minimum Gasteiger partial charge on any atom is -0.475 e. The average molecular weight is 241 g/mol. The van der Waals surface area contributed by atoms with Crippen LogP contribution in [0.2, 0.25) is 0 Å². The van der Waals surface area contributed by atoms with Gasteiger partial charge in [0, 0.05) is 25.3 Å². The maximum atomic E-state index is 10.8. The molecule has 96 valence electrons. The molecule has 5 nitrogen and oxygen atoms in total. The Morgan fingerprint density at radius 2 is 2.29 bits per heavy atom. The molecule has 0 radical (unpaired) electrons. The van der Waals surface area contributed by atoms with E-state index < -0.39 is 5.97 Å². The van der Waals surface area contributed by atoms with Crippen LogP contribution in [-0.4, -0.2) is 42.8 Å². The summed E-state index contributed by atoms with van der Waals surface area (Å²) in [7, 11) is 3.63. The molecule has 1 N–H and O–H groups in total. The van der Waals surface area contributed by atoms with E-state index in [0.29, 0.717) is 18.9 Å². The molecule has 1 aromatic heterocycles. The van der Waals surface area contributed by atoms with Crippen molar-refractivity contribution in [3.05, 3.63) is 23.2 Å². The number of likely N-dealkylation sites (N-methyl/N-ethyl adjacent to an activating group) is 1. The van der Waals surface area contributed by atoms with Crippen LogP contribution < -0.4 is 0 Å². The summed E-state index contributed by atoms with van der Waals surface area (Å²) in [6.45, 7) is 5.11. The molecule has 0 amide bonds. The Hall–Kier alpha value is -1.33. The SMILES string of the molecule is COCC(C)N(C)Cc1cc(C(=O)O)oc1C. The molecule has 0 spiro atoms. The predicted molar refractivity (Wildman–Crippen MR) is 63.2 cm³/mol. The van der Waals surface area contributed by atoms with Crippen LogP contribution in [0.25, 0.3) is 0 Å². The largest absolute Gasteiger partial charge is 0.475 e. The van der Waals surface area contributed by atoms with E-state index >= 15 is 0 Å². The van der Waals surface area contributed by atoms with Crippen molar-refractivity contribution >= 4 is 5.97 Å². The van der Waals surface area contributed by atoms with Crippen LogP contribution >= 0.6 is 0 Å². The van der Waals surface area contributed by atoms with E-state index in [1.165, 1.54) is 0 Å². The first-order valence-electron chi connectivity index (χ1n) is 5.47. The quantitative estimate of drug-likeness (QED) is 0.822. The zero-order valence-electron chi connectivity index (χ0n) is 10.7. The minimum absolute atomic E-state index is 0.00899. The topological polar surface area (TPSA) is 62.9 Å².